The van der Waals surface area contributed by atoms with Crippen molar-refractivity contribution in [1.29, 1.82) is 0 Å². The molecule has 3 rings (SSSR count). The summed E-state index contributed by atoms with van der Waals surface area (Å²) in [5.74, 6) is 0.693. The van der Waals surface area contributed by atoms with Crippen molar-refractivity contribution in [1.82, 2.24) is 15.0 Å². The van der Waals surface area contributed by atoms with Crippen molar-refractivity contribution < 1.29 is 0 Å². The summed E-state index contributed by atoms with van der Waals surface area (Å²) in [4.78, 5) is 13.3. The summed E-state index contributed by atoms with van der Waals surface area (Å²) in [6.07, 6.45) is 1.81. The zero-order valence-corrected chi connectivity index (χ0v) is 10.7. The molecule has 0 aliphatic heterocycles. The van der Waals surface area contributed by atoms with Crippen molar-refractivity contribution in [3.63, 3.8) is 0 Å². The lowest BCUT2D eigenvalue weighted by atomic mass is 10.2. The number of thiophene rings is 1. The average molecular weight is 256 g/mol. The molecule has 0 saturated carbocycles. The van der Waals surface area contributed by atoms with Gasteiger partial charge in [-0.2, -0.15) is 0 Å². The monoisotopic (exact) mass is 256 g/mol. The van der Waals surface area contributed by atoms with Crippen molar-refractivity contribution >= 4 is 21.6 Å². The number of nitrogens with two attached hydrogens (primary N) is 1. The summed E-state index contributed by atoms with van der Waals surface area (Å²) in [5, 5.41) is 2.03. The maximum atomic E-state index is 5.64. The molecule has 3 aromatic rings. The van der Waals surface area contributed by atoms with E-state index in [1.54, 1.807) is 11.3 Å². The number of pyridine rings is 1. The highest BCUT2D eigenvalue weighted by Crippen LogP contribution is 2.24. The Morgan fingerprint density at radius 3 is 3.00 bits per heavy atom. The molecule has 4 nitrogen and oxygen atoms in total. The van der Waals surface area contributed by atoms with Gasteiger partial charge in [-0.1, -0.05) is 0 Å². The molecule has 0 amide bonds. The molecule has 0 radical (unpaired) electrons. The number of fused-ring (bicyclic) bond motifs is 1. The van der Waals surface area contributed by atoms with Gasteiger partial charge in [0, 0.05) is 24.0 Å². The van der Waals surface area contributed by atoms with E-state index in [2.05, 4.69) is 21.0 Å². The summed E-state index contributed by atoms with van der Waals surface area (Å²) in [6.45, 7) is 2.37. The van der Waals surface area contributed by atoms with Gasteiger partial charge in [-0.25, -0.2) is 9.97 Å². The fourth-order valence-corrected chi connectivity index (χ4v) is 2.62. The van der Waals surface area contributed by atoms with E-state index in [-0.39, 0.29) is 0 Å². The Balaban J connectivity index is 2.15. The Morgan fingerprint density at radius 2 is 2.17 bits per heavy atom. The van der Waals surface area contributed by atoms with Gasteiger partial charge < -0.3 is 5.73 Å². The van der Waals surface area contributed by atoms with Crippen LogP contribution in [0.15, 0.2) is 29.8 Å². The summed E-state index contributed by atoms with van der Waals surface area (Å²) >= 11 is 1.67. The standard InChI is InChI=1S/C13H12N4S/c1-8-4-10(6-14)17-13(16-8)9-5-12-11(15-7-9)2-3-18-12/h2-5,7H,6,14H2,1H3. The molecule has 0 bridgehead atoms. The fraction of sp³-hybridized carbons (Fsp3) is 0.154. The van der Waals surface area contributed by atoms with E-state index < -0.39 is 0 Å². The quantitative estimate of drug-likeness (QED) is 0.765. The number of nitrogens with zero attached hydrogens (tertiary/aromatic N) is 3. The molecule has 0 unspecified atom stereocenters. The van der Waals surface area contributed by atoms with Gasteiger partial charge in [-0.3, -0.25) is 4.98 Å². The first-order valence-corrected chi connectivity index (χ1v) is 6.52. The van der Waals surface area contributed by atoms with Crippen LogP contribution in [-0.2, 0) is 6.54 Å². The molecular weight excluding hydrogens is 244 g/mol. The maximum absolute atomic E-state index is 5.64. The van der Waals surface area contributed by atoms with Crippen LogP contribution < -0.4 is 5.73 Å². The minimum absolute atomic E-state index is 0.422. The van der Waals surface area contributed by atoms with Gasteiger partial charge in [0.2, 0.25) is 0 Å². The zero-order valence-electron chi connectivity index (χ0n) is 9.92. The highest BCUT2D eigenvalue weighted by atomic mass is 32.1. The second-order valence-corrected chi connectivity index (χ2v) is 5.00. The first-order valence-electron chi connectivity index (χ1n) is 5.64. The minimum atomic E-state index is 0.422. The Morgan fingerprint density at radius 1 is 1.28 bits per heavy atom. The van der Waals surface area contributed by atoms with Crippen LogP contribution in [0.1, 0.15) is 11.4 Å². The van der Waals surface area contributed by atoms with Gasteiger partial charge in [0.05, 0.1) is 15.9 Å². The van der Waals surface area contributed by atoms with Gasteiger partial charge in [0.1, 0.15) is 0 Å². The van der Waals surface area contributed by atoms with Crippen LogP contribution in [0.3, 0.4) is 0 Å². The number of aryl methyl sites for hydroxylation is 1. The number of hydrogen-bond acceptors (Lipinski definition) is 5. The molecule has 0 aliphatic rings. The van der Waals surface area contributed by atoms with Crippen LogP contribution in [0.4, 0.5) is 0 Å². The molecule has 3 heterocycles. The molecule has 0 aliphatic carbocycles. The average Bonchev–Trinajstić information content (AvgIpc) is 2.85. The predicted molar refractivity (Wildman–Crippen MR) is 73.3 cm³/mol. The first-order chi connectivity index (χ1) is 8.76. The van der Waals surface area contributed by atoms with Crippen LogP contribution in [0.25, 0.3) is 21.6 Å². The molecule has 3 aromatic heterocycles. The fourth-order valence-electron chi connectivity index (χ4n) is 1.84. The highest BCUT2D eigenvalue weighted by Gasteiger charge is 2.06. The third-order valence-corrected chi connectivity index (χ3v) is 3.53. The molecule has 0 saturated heterocycles. The van der Waals surface area contributed by atoms with Crippen LogP contribution in [0.5, 0.6) is 0 Å². The topological polar surface area (TPSA) is 64.7 Å². The maximum Gasteiger partial charge on any atom is 0.161 e. The van der Waals surface area contributed by atoms with Gasteiger partial charge >= 0.3 is 0 Å². The van der Waals surface area contributed by atoms with Crippen LogP contribution >= 0.6 is 11.3 Å². The Hall–Kier alpha value is -1.85. The lowest BCUT2D eigenvalue weighted by Gasteiger charge is -2.04. The Bertz CT molecular complexity index is 705. The second-order valence-electron chi connectivity index (χ2n) is 4.06. The van der Waals surface area contributed by atoms with Gasteiger partial charge in [0.15, 0.2) is 5.82 Å². The Labute approximate surface area is 109 Å². The summed E-state index contributed by atoms with van der Waals surface area (Å²) < 4.78 is 1.15. The highest BCUT2D eigenvalue weighted by molar-refractivity contribution is 7.17. The van der Waals surface area contributed by atoms with E-state index in [4.69, 9.17) is 5.73 Å². The van der Waals surface area contributed by atoms with Crippen molar-refractivity contribution in [2.75, 3.05) is 0 Å². The van der Waals surface area contributed by atoms with E-state index in [9.17, 15) is 0 Å². The molecule has 0 atom stereocenters. The number of rotatable bonds is 2. The second kappa shape index (κ2) is 4.44. The summed E-state index contributed by atoms with van der Waals surface area (Å²) in [6, 6.07) is 5.98. The lowest BCUT2D eigenvalue weighted by molar-refractivity contribution is 0.953. The third-order valence-electron chi connectivity index (χ3n) is 2.68. The van der Waals surface area contributed by atoms with Gasteiger partial charge in [-0.05, 0) is 30.5 Å². The summed E-state index contributed by atoms with van der Waals surface area (Å²) in [7, 11) is 0. The first kappa shape index (κ1) is 11.3. The van der Waals surface area contributed by atoms with Crippen molar-refractivity contribution in [2.24, 2.45) is 5.73 Å². The van der Waals surface area contributed by atoms with E-state index in [1.807, 2.05) is 30.6 Å². The third kappa shape index (κ3) is 1.98. The normalized spacial score (nSPS) is 11.0. The predicted octanol–water partition coefficient (Wildman–Crippen LogP) is 2.52. The number of hydrogen-bond donors (Lipinski definition) is 1. The molecule has 90 valence electrons. The van der Waals surface area contributed by atoms with Gasteiger partial charge in [0.25, 0.3) is 0 Å². The molecule has 18 heavy (non-hydrogen) atoms. The molecule has 2 N–H and O–H groups in total. The largest absolute Gasteiger partial charge is 0.325 e. The van der Waals surface area contributed by atoms with Crippen molar-refractivity contribution in [3.8, 4) is 11.4 Å². The SMILES string of the molecule is Cc1cc(CN)nc(-c2cnc3ccsc3c2)n1. The molecule has 5 heteroatoms. The van der Waals surface area contributed by atoms with E-state index >= 15 is 0 Å². The minimum Gasteiger partial charge on any atom is -0.325 e. The molecular formula is C13H12N4S. The van der Waals surface area contributed by atoms with Crippen LogP contribution in [-0.4, -0.2) is 15.0 Å². The van der Waals surface area contributed by atoms with E-state index in [1.165, 1.54) is 0 Å². The van der Waals surface area contributed by atoms with Crippen LogP contribution in [0.2, 0.25) is 0 Å². The van der Waals surface area contributed by atoms with Crippen LogP contribution in [0, 0.1) is 6.92 Å². The van der Waals surface area contributed by atoms with E-state index in [0.717, 1.165) is 27.2 Å². The smallest absolute Gasteiger partial charge is 0.161 e. The van der Waals surface area contributed by atoms with Gasteiger partial charge in [-0.15, -0.1) is 11.3 Å². The molecule has 0 aromatic carbocycles. The van der Waals surface area contributed by atoms with E-state index in [0.29, 0.717) is 12.4 Å². The Kier molecular flexibility index (Phi) is 2.77. The summed E-state index contributed by atoms with van der Waals surface area (Å²) in [5.41, 5.74) is 9.35. The van der Waals surface area contributed by atoms with Crippen molar-refractivity contribution in [2.45, 2.75) is 13.5 Å². The lowest BCUT2D eigenvalue weighted by Crippen LogP contribution is -2.03. The zero-order chi connectivity index (χ0) is 12.5. The number of aromatic nitrogens is 3. The molecule has 0 fully saturated rings. The molecule has 0 spiro atoms. The van der Waals surface area contributed by atoms with Crippen molar-refractivity contribution in [3.05, 3.63) is 41.2 Å².